The Labute approximate surface area is 69.9 Å². The predicted octanol–water partition coefficient (Wildman–Crippen LogP) is 2.34. The molecule has 0 aliphatic heterocycles. The lowest BCUT2D eigenvalue weighted by Gasteiger charge is -2.36. The third-order valence-electron chi connectivity index (χ3n) is 2.64. The Kier molecular flexibility index (Phi) is 3.13. The molecular formula is C10H19N. The van der Waals surface area contributed by atoms with Crippen molar-refractivity contribution in [3.63, 3.8) is 0 Å². The van der Waals surface area contributed by atoms with E-state index in [0.717, 1.165) is 18.4 Å². The van der Waals surface area contributed by atoms with Crippen LogP contribution < -0.4 is 5.32 Å². The third kappa shape index (κ3) is 2.33. The Hall–Kier alpha value is -0.300. The van der Waals surface area contributed by atoms with E-state index in [9.17, 15) is 0 Å². The second kappa shape index (κ2) is 3.91. The minimum absolute atomic E-state index is 0.611. The van der Waals surface area contributed by atoms with Gasteiger partial charge >= 0.3 is 0 Å². The Morgan fingerprint density at radius 1 is 1.64 bits per heavy atom. The molecule has 1 N–H and O–H groups in total. The standard InChI is InChI=1S/C10H19N/c1-4-5-9(3)11-10-7-6-8(10)2/h4,8-11H,1,5-7H2,2-3H3. The fourth-order valence-corrected chi connectivity index (χ4v) is 1.60. The van der Waals surface area contributed by atoms with Crippen molar-refractivity contribution in [2.45, 2.75) is 45.2 Å². The molecule has 1 rings (SSSR count). The average Bonchev–Trinajstić information content (AvgIpc) is 1.98. The zero-order valence-corrected chi connectivity index (χ0v) is 7.64. The summed E-state index contributed by atoms with van der Waals surface area (Å²) in [6.45, 7) is 8.28. The number of hydrogen-bond acceptors (Lipinski definition) is 1. The van der Waals surface area contributed by atoms with Gasteiger partial charge in [0.2, 0.25) is 0 Å². The first kappa shape index (κ1) is 8.79. The van der Waals surface area contributed by atoms with Gasteiger partial charge in [0, 0.05) is 12.1 Å². The molecule has 1 fully saturated rings. The minimum atomic E-state index is 0.611. The molecule has 0 bridgehead atoms. The molecule has 1 heteroatoms. The van der Waals surface area contributed by atoms with E-state index in [2.05, 4.69) is 25.7 Å². The van der Waals surface area contributed by atoms with Gasteiger partial charge in [-0.25, -0.2) is 0 Å². The highest BCUT2D eigenvalue weighted by Crippen LogP contribution is 2.26. The van der Waals surface area contributed by atoms with Crippen LogP contribution in [0.25, 0.3) is 0 Å². The van der Waals surface area contributed by atoms with Crippen LogP contribution in [0.5, 0.6) is 0 Å². The van der Waals surface area contributed by atoms with Crippen LogP contribution in [-0.4, -0.2) is 12.1 Å². The molecule has 0 aromatic rings. The van der Waals surface area contributed by atoms with Crippen molar-refractivity contribution in [2.24, 2.45) is 5.92 Å². The van der Waals surface area contributed by atoms with Gasteiger partial charge in [0.05, 0.1) is 0 Å². The fourth-order valence-electron chi connectivity index (χ4n) is 1.60. The van der Waals surface area contributed by atoms with E-state index in [1.165, 1.54) is 12.8 Å². The van der Waals surface area contributed by atoms with Crippen molar-refractivity contribution in [1.29, 1.82) is 0 Å². The first-order valence-corrected chi connectivity index (χ1v) is 4.61. The van der Waals surface area contributed by atoms with Gasteiger partial charge < -0.3 is 5.32 Å². The van der Waals surface area contributed by atoms with Gasteiger partial charge in [0.1, 0.15) is 0 Å². The van der Waals surface area contributed by atoms with Gasteiger partial charge in [0.25, 0.3) is 0 Å². The molecule has 0 radical (unpaired) electrons. The van der Waals surface area contributed by atoms with Crippen LogP contribution in [0.15, 0.2) is 12.7 Å². The highest BCUT2D eigenvalue weighted by atomic mass is 15.0. The van der Waals surface area contributed by atoms with Gasteiger partial charge in [-0.05, 0) is 32.1 Å². The van der Waals surface area contributed by atoms with E-state index >= 15 is 0 Å². The molecule has 1 saturated carbocycles. The Bertz CT molecular complexity index is 131. The van der Waals surface area contributed by atoms with E-state index in [4.69, 9.17) is 0 Å². The highest BCUT2D eigenvalue weighted by molar-refractivity contribution is 4.87. The molecule has 1 aliphatic carbocycles. The molecule has 3 atom stereocenters. The van der Waals surface area contributed by atoms with Crippen molar-refractivity contribution in [2.75, 3.05) is 0 Å². The molecule has 0 spiro atoms. The van der Waals surface area contributed by atoms with Crippen molar-refractivity contribution < 1.29 is 0 Å². The predicted molar refractivity (Wildman–Crippen MR) is 49.6 cm³/mol. The highest BCUT2D eigenvalue weighted by Gasteiger charge is 2.26. The van der Waals surface area contributed by atoms with Crippen LogP contribution in [0, 0.1) is 5.92 Å². The van der Waals surface area contributed by atoms with E-state index in [1.54, 1.807) is 0 Å². The lowest BCUT2D eigenvalue weighted by molar-refractivity contribution is 0.213. The number of nitrogens with one attached hydrogen (secondary N) is 1. The van der Waals surface area contributed by atoms with Gasteiger partial charge in [0.15, 0.2) is 0 Å². The van der Waals surface area contributed by atoms with Crippen LogP contribution in [0.2, 0.25) is 0 Å². The second-order valence-electron chi connectivity index (χ2n) is 3.75. The topological polar surface area (TPSA) is 12.0 Å². The molecular weight excluding hydrogens is 134 g/mol. The molecule has 1 aliphatic rings. The molecule has 11 heavy (non-hydrogen) atoms. The van der Waals surface area contributed by atoms with Gasteiger partial charge in [-0.3, -0.25) is 0 Å². The van der Waals surface area contributed by atoms with Gasteiger partial charge in [-0.2, -0.15) is 0 Å². The Morgan fingerprint density at radius 3 is 2.73 bits per heavy atom. The van der Waals surface area contributed by atoms with Crippen molar-refractivity contribution in [1.82, 2.24) is 5.32 Å². The Balaban J connectivity index is 2.14. The molecule has 0 heterocycles. The van der Waals surface area contributed by atoms with E-state index in [-0.39, 0.29) is 0 Å². The van der Waals surface area contributed by atoms with Crippen molar-refractivity contribution in [3.05, 3.63) is 12.7 Å². The molecule has 64 valence electrons. The summed E-state index contributed by atoms with van der Waals surface area (Å²) in [5.41, 5.74) is 0. The summed E-state index contributed by atoms with van der Waals surface area (Å²) in [6.07, 6.45) is 5.84. The summed E-state index contributed by atoms with van der Waals surface area (Å²) in [5.74, 6) is 0.891. The number of hydrogen-bond donors (Lipinski definition) is 1. The van der Waals surface area contributed by atoms with Gasteiger partial charge in [-0.15, -0.1) is 6.58 Å². The van der Waals surface area contributed by atoms with Crippen LogP contribution in [0.4, 0.5) is 0 Å². The smallest absolute Gasteiger partial charge is 0.00954 e. The minimum Gasteiger partial charge on any atom is -0.311 e. The van der Waals surface area contributed by atoms with E-state index in [1.807, 2.05) is 6.08 Å². The third-order valence-corrected chi connectivity index (χ3v) is 2.64. The molecule has 1 nitrogen and oxygen atoms in total. The zero-order chi connectivity index (χ0) is 8.27. The van der Waals surface area contributed by atoms with Crippen LogP contribution in [0.3, 0.4) is 0 Å². The normalized spacial score (nSPS) is 32.5. The van der Waals surface area contributed by atoms with E-state index in [0.29, 0.717) is 6.04 Å². The summed E-state index contributed by atoms with van der Waals surface area (Å²) < 4.78 is 0. The molecule has 0 amide bonds. The average molecular weight is 153 g/mol. The maximum atomic E-state index is 3.73. The molecule has 0 aromatic carbocycles. The largest absolute Gasteiger partial charge is 0.311 e. The quantitative estimate of drug-likeness (QED) is 0.611. The van der Waals surface area contributed by atoms with Crippen LogP contribution in [0.1, 0.15) is 33.1 Å². The summed E-state index contributed by atoms with van der Waals surface area (Å²) >= 11 is 0. The van der Waals surface area contributed by atoms with Gasteiger partial charge in [-0.1, -0.05) is 13.0 Å². The van der Waals surface area contributed by atoms with Crippen LogP contribution in [-0.2, 0) is 0 Å². The first-order chi connectivity index (χ1) is 5.24. The maximum Gasteiger partial charge on any atom is 0.00954 e. The summed E-state index contributed by atoms with van der Waals surface area (Å²) in [5, 5.41) is 3.60. The lowest BCUT2D eigenvalue weighted by atomic mass is 9.81. The molecule has 3 unspecified atom stereocenters. The Morgan fingerprint density at radius 2 is 2.36 bits per heavy atom. The molecule has 0 saturated heterocycles. The summed E-state index contributed by atoms with van der Waals surface area (Å²) in [4.78, 5) is 0. The first-order valence-electron chi connectivity index (χ1n) is 4.61. The fraction of sp³-hybridized carbons (Fsp3) is 0.800. The van der Waals surface area contributed by atoms with Crippen LogP contribution >= 0.6 is 0 Å². The van der Waals surface area contributed by atoms with Crippen molar-refractivity contribution >= 4 is 0 Å². The zero-order valence-electron chi connectivity index (χ0n) is 7.64. The summed E-state index contributed by atoms with van der Waals surface area (Å²) in [6, 6.07) is 1.39. The SMILES string of the molecule is C=CCC(C)NC1CCC1C. The van der Waals surface area contributed by atoms with E-state index < -0.39 is 0 Å². The second-order valence-corrected chi connectivity index (χ2v) is 3.75. The monoisotopic (exact) mass is 153 g/mol. The molecule has 0 aromatic heterocycles. The maximum absolute atomic E-state index is 3.73. The lowest BCUT2D eigenvalue weighted by Crippen LogP contribution is -2.46. The number of rotatable bonds is 4. The van der Waals surface area contributed by atoms with Crippen molar-refractivity contribution in [3.8, 4) is 0 Å². The summed E-state index contributed by atoms with van der Waals surface area (Å²) in [7, 11) is 0.